The Bertz CT molecular complexity index is 1600. The number of ether oxygens (including phenoxy) is 3. The van der Waals surface area contributed by atoms with Crippen LogP contribution in [0.2, 0.25) is 0 Å². The predicted octanol–water partition coefficient (Wildman–Crippen LogP) is 20.6. The van der Waals surface area contributed by atoms with Gasteiger partial charge in [-0.2, -0.15) is 0 Å². The molecule has 0 aliphatic carbocycles. The van der Waals surface area contributed by atoms with Gasteiger partial charge in [-0.15, -0.1) is 0 Å². The Kier molecular flexibility index (Phi) is 57.4. The van der Waals surface area contributed by atoms with Crippen molar-refractivity contribution >= 4 is 17.9 Å². The summed E-state index contributed by atoms with van der Waals surface area (Å²) in [6.45, 7) is 6.43. The third-order valence-electron chi connectivity index (χ3n) is 12.4. The van der Waals surface area contributed by atoms with Crippen LogP contribution < -0.4 is 0 Å². The van der Waals surface area contributed by atoms with Crippen molar-refractivity contribution in [1.82, 2.24) is 0 Å². The van der Waals surface area contributed by atoms with E-state index in [0.717, 1.165) is 128 Å². The van der Waals surface area contributed by atoms with Crippen molar-refractivity contribution in [2.24, 2.45) is 0 Å². The summed E-state index contributed by atoms with van der Waals surface area (Å²) in [5.74, 6) is -0.961. The van der Waals surface area contributed by atoms with Crippen LogP contribution in [0.4, 0.5) is 0 Å². The van der Waals surface area contributed by atoms with Crippen molar-refractivity contribution in [2.45, 2.75) is 264 Å². The van der Waals surface area contributed by atoms with Crippen LogP contribution >= 0.6 is 0 Å². The Morgan fingerprint density at radius 1 is 0.284 bits per heavy atom. The zero-order valence-corrected chi connectivity index (χ0v) is 47.8. The quantitative estimate of drug-likeness (QED) is 0.0261. The zero-order valence-electron chi connectivity index (χ0n) is 47.8. The molecule has 0 aromatic carbocycles. The standard InChI is InChI=1S/C68H110O6/c1-4-7-10-13-16-18-20-22-24-26-27-28-29-30-31-32-33-34-35-36-37-38-39-40-41-42-44-45-47-49-52-55-58-61-67(70)73-64-65(63-72-66(69)60-57-54-51-15-12-9-6-3)74-68(71)62-59-56-53-50-48-46-43-25-23-21-19-17-14-11-8-5-2/h7,10,16,18,22,24-25,27-28,30-31,33-34,36-37,39-40,42-44,47,49,65H,4-6,8-9,11-15,17,19-21,23,26,29,32,35,38,41,45-46,48,50-64H2,1-3H3/b10-7-,18-16-,24-22-,28-27-,31-30-,34-33-,37-36-,40-39-,43-25-,44-42-,49-47-. The summed E-state index contributed by atoms with van der Waals surface area (Å²) in [4.78, 5) is 37.9. The highest BCUT2D eigenvalue weighted by Gasteiger charge is 2.19. The summed E-state index contributed by atoms with van der Waals surface area (Å²) in [6, 6.07) is 0. The fourth-order valence-corrected chi connectivity index (χ4v) is 7.88. The Labute approximate surface area is 455 Å². The molecule has 0 fully saturated rings. The van der Waals surface area contributed by atoms with Crippen LogP contribution in [0.5, 0.6) is 0 Å². The molecule has 6 heteroatoms. The Hall–Kier alpha value is -4.45. The lowest BCUT2D eigenvalue weighted by Crippen LogP contribution is -2.30. The first-order valence-electron chi connectivity index (χ1n) is 30.2. The van der Waals surface area contributed by atoms with Gasteiger partial charge in [0.2, 0.25) is 0 Å². The van der Waals surface area contributed by atoms with Gasteiger partial charge >= 0.3 is 17.9 Å². The molecule has 418 valence electrons. The first-order chi connectivity index (χ1) is 36.5. The van der Waals surface area contributed by atoms with Crippen molar-refractivity contribution in [2.75, 3.05) is 13.2 Å². The minimum Gasteiger partial charge on any atom is -0.462 e. The second kappa shape index (κ2) is 61.1. The molecule has 0 saturated carbocycles. The fourth-order valence-electron chi connectivity index (χ4n) is 7.88. The van der Waals surface area contributed by atoms with Gasteiger partial charge in [-0.1, -0.05) is 251 Å². The van der Waals surface area contributed by atoms with Crippen LogP contribution in [0, 0.1) is 0 Å². The van der Waals surface area contributed by atoms with E-state index in [9.17, 15) is 14.4 Å². The number of unbranched alkanes of at least 4 members (excludes halogenated alkanes) is 20. The number of hydrogen-bond acceptors (Lipinski definition) is 6. The van der Waals surface area contributed by atoms with Gasteiger partial charge in [0.15, 0.2) is 6.10 Å². The number of hydrogen-bond donors (Lipinski definition) is 0. The lowest BCUT2D eigenvalue weighted by atomic mass is 10.1. The lowest BCUT2D eigenvalue weighted by Gasteiger charge is -2.18. The normalized spacial score (nSPS) is 13.1. The highest BCUT2D eigenvalue weighted by Crippen LogP contribution is 2.14. The van der Waals surface area contributed by atoms with Gasteiger partial charge in [0.25, 0.3) is 0 Å². The molecular weight excluding hydrogens is 913 g/mol. The maximum Gasteiger partial charge on any atom is 0.306 e. The molecule has 0 bridgehead atoms. The second-order valence-electron chi connectivity index (χ2n) is 19.5. The summed E-state index contributed by atoms with van der Waals surface area (Å²) in [5, 5.41) is 0. The molecule has 0 heterocycles. The van der Waals surface area contributed by atoms with Gasteiger partial charge in [0.1, 0.15) is 13.2 Å². The summed E-state index contributed by atoms with van der Waals surface area (Å²) >= 11 is 0. The zero-order chi connectivity index (χ0) is 53.6. The van der Waals surface area contributed by atoms with Gasteiger partial charge in [-0.25, -0.2) is 0 Å². The van der Waals surface area contributed by atoms with E-state index in [-0.39, 0.29) is 31.1 Å². The van der Waals surface area contributed by atoms with Crippen LogP contribution in [0.15, 0.2) is 134 Å². The fraction of sp³-hybridized carbons (Fsp3) is 0.632. The first-order valence-corrected chi connectivity index (χ1v) is 30.2. The van der Waals surface area contributed by atoms with Crippen molar-refractivity contribution < 1.29 is 28.6 Å². The van der Waals surface area contributed by atoms with Crippen molar-refractivity contribution in [3.8, 4) is 0 Å². The monoisotopic (exact) mass is 1020 g/mol. The van der Waals surface area contributed by atoms with E-state index in [0.29, 0.717) is 25.7 Å². The third kappa shape index (κ3) is 58.4. The highest BCUT2D eigenvalue weighted by molar-refractivity contribution is 5.71. The average Bonchev–Trinajstić information content (AvgIpc) is 3.40. The topological polar surface area (TPSA) is 78.9 Å². The SMILES string of the molecule is CC/C=C\C/C=C\C/C=C\C/C=C\C/C=C\C/C=C\C/C=C\C/C=C\C/C=C\C/C=C\CCCCC(=O)OCC(COC(=O)CCCCCCCCC)OC(=O)CCCCCCC/C=C\CCCCCCCCC. The van der Waals surface area contributed by atoms with Gasteiger partial charge in [-0.3, -0.25) is 14.4 Å². The smallest absolute Gasteiger partial charge is 0.306 e. The first kappa shape index (κ1) is 69.5. The second-order valence-corrected chi connectivity index (χ2v) is 19.5. The average molecular weight is 1020 g/mol. The molecule has 0 N–H and O–H groups in total. The van der Waals surface area contributed by atoms with E-state index in [2.05, 4.69) is 154 Å². The maximum absolute atomic E-state index is 12.8. The summed E-state index contributed by atoms with van der Waals surface area (Å²) in [6.07, 6.45) is 86.2. The number of allylic oxidation sites excluding steroid dienone is 22. The van der Waals surface area contributed by atoms with Gasteiger partial charge in [0, 0.05) is 19.3 Å². The van der Waals surface area contributed by atoms with E-state index in [4.69, 9.17) is 14.2 Å². The van der Waals surface area contributed by atoms with Crippen molar-refractivity contribution in [1.29, 1.82) is 0 Å². The number of rotatable bonds is 53. The molecule has 74 heavy (non-hydrogen) atoms. The minimum atomic E-state index is -0.801. The van der Waals surface area contributed by atoms with Crippen LogP contribution in [0.3, 0.4) is 0 Å². The van der Waals surface area contributed by atoms with E-state index in [1.54, 1.807) is 0 Å². The molecule has 1 atom stereocenters. The van der Waals surface area contributed by atoms with Crippen LogP contribution in [0.25, 0.3) is 0 Å². The molecule has 0 aromatic rings. The molecule has 6 nitrogen and oxygen atoms in total. The molecule has 0 aliphatic rings. The molecule has 1 unspecified atom stereocenters. The van der Waals surface area contributed by atoms with E-state index >= 15 is 0 Å². The maximum atomic E-state index is 12.8. The Balaban J connectivity index is 4.26. The molecule has 0 aliphatic heterocycles. The van der Waals surface area contributed by atoms with Crippen LogP contribution in [0.1, 0.15) is 258 Å². The molecule has 0 rings (SSSR count). The molecular formula is C68H110O6. The largest absolute Gasteiger partial charge is 0.462 e. The van der Waals surface area contributed by atoms with Gasteiger partial charge in [0.05, 0.1) is 0 Å². The van der Waals surface area contributed by atoms with E-state index in [1.165, 1.54) is 83.5 Å². The lowest BCUT2D eigenvalue weighted by molar-refractivity contribution is -0.167. The Morgan fingerprint density at radius 3 is 0.865 bits per heavy atom. The number of carbonyl (C=O) groups is 3. The Morgan fingerprint density at radius 2 is 0.527 bits per heavy atom. The third-order valence-corrected chi connectivity index (χ3v) is 12.4. The molecule has 0 aromatic heterocycles. The summed E-state index contributed by atoms with van der Waals surface area (Å²) in [7, 11) is 0. The van der Waals surface area contributed by atoms with Gasteiger partial charge < -0.3 is 14.2 Å². The molecule has 0 amide bonds. The van der Waals surface area contributed by atoms with E-state index in [1.807, 2.05) is 0 Å². The molecule has 0 spiro atoms. The summed E-state index contributed by atoms with van der Waals surface area (Å²) < 4.78 is 16.7. The van der Waals surface area contributed by atoms with E-state index < -0.39 is 6.10 Å². The molecule has 0 saturated heterocycles. The highest BCUT2D eigenvalue weighted by atomic mass is 16.6. The van der Waals surface area contributed by atoms with Crippen LogP contribution in [-0.2, 0) is 28.6 Å². The summed E-state index contributed by atoms with van der Waals surface area (Å²) in [5.41, 5.74) is 0. The van der Waals surface area contributed by atoms with Crippen LogP contribution in [-0.4, -0.2) is 37.2 Å². The van der Waals surface area contributed by atoms with Gasteiger partial charge in [-0.05, 0) is 122 Å². The molecule has 0 radical (unpaired) electrons. The minimum absolute atomic E-state index is 0.0972. The number of carbonyl (C=O) groups excluding carboxylic acids is 3. The van der Waals surface area contributed by atoms with Crippen molar-refractivity contribution in [3.63, 3.8) is 0 Å². The number of esters is 3. The predicted molar refractivity (Wildman–Crippen MR) is 320 cm³/mol. The van der Waals surface area contributed by atoms with Crippen molar-refractivity contribution in [3.05, 3.63) is 134 Å².